The van der Waals surface area contributed by atoms with E-state index in [0.717, 1.165) is 0 Å². The minimum atomic E-state index is -0.471. The van der Waals surface area contributed by atoms with E-state index in [4.69, 9.17) is 4.74 Å². The Morgan fingerprint density at radius 3 is 2.32 bits per heavy atom. The number of halogens is 3. The third-order valence-electron chi connectivity index (χ3n) is 2.14. The summed E-state index contributed by atoms with van der Waals surface area (Å²) in [4.78, 5) is 14.2. The number of nitrogens with zero attached hydrogens (tertiary/aromatic N) is 2. The van der Waals surface area contributed by atoms with Gasteiger partial charge in [0.15, 0.2) is 5.75 Å². The van der Waals surface area contributed by atoms with Gasteiger partial charge in [-0.05, 0) is 47.8 Å². The molecular formula is C11H5Br3N2O3. The summed E-state index contributed by atoms with van der Waals surface area (Å²) in [6.45, 7) is 0. The van der Waals surface area contributed by atoms with E-state index in [2.05, 4.69) is 52.8 Å². The van der Waals surface area contributed by atoms with Crippen molar-refractivity contribution in [2.45, 2.75) is 0 Å². The number of rotatable bonds is 3. The average molecular weight is 453 g/mol. The van der Waals surface area contributed by atoms with Crippen LogP contribution in [0.25, 0.3) is 0 Å². The number of pyridine rings is 1. The Balaban J connectivity index is 2.42. The molecule has 1 aromatic carbocycles. The Hall–Kier alpha value is -0.990. The number of hydrogen-bond donors (Lipinski definition) is 0. The van der Waals surface area contributed by atoms with Crippen LogP contribution in [0.4, 0.5) is 5.69 Å². The van der Waals surface area contributed by atoms with Crippen LogP contribution in [0.2, 0.25) is 0 Å². The van der Waals surface area contributed by atoms with E-state index in [1.165, 1.54) is 12.1 Å². The van der Waals surface area contributed by atoms with Crippen LogP contribution in [-0.2, 0) is 0 Å². The second kappa shape index (κ2) is 5.98. The molecule has 0 saturated carbocycles. The molecule has 0 unspecified atom stereocenters. The maximum atomic E-state index is 10.7. The Bertz CT molecular complexity index is 626. The van der Waals surface area contributed by atoms with Crippen LogP contribution in [-0.4, -0.2) is 9.91 Å². The summed E-state index contributed by atoms with van der Waals surface area (Å²) in [7, 11) is 0. The van der Waals surface area contributed by atoms with Crippen LogP contribution in [0.3, 0.4) is 0 Å². The Kier molecular flexibility index (Phi) is 4.54. The van der Waals surface area contributed by atoms with Crippen molar-refractivity contribution >= 4 is 53.5 Å². The van der Waals surface area contributed by atoms with Gasteiger partial charge in [0, 0.05) is 30.6 Å². The molecule has 0 aliphatic carbocycles. The first-order chi connectivity index (χ1) is 8.99. The molecule has 0 aliphatic rings. The minimum absolute atomic E-state index is 0.0279. The quantitative estimate of drug-likeness (QED) is 0.481. The fourth-order valence-corrected chi connectivity index (χ4v) is 2.96. The number of nitro benzene ring substituents is 1. The molecule has 0 aliphatic heterocycles. The van der Waals surface area contributed by atoms with Gasteiger partial charge in [-0.3, -0.25) is 15.1 Å². The van der Waals surface area contributed by atoms with Crippen molar-refractivity contribution in [2.75, 3.05) is 0 Å². The number of benzene rings is 1. The number of ether oxygens (including phenoxy) is 1. The normalized spacial score (nSPS) is 10.3. The Morgan fingerprint density at radius 2 is 1.79 bits per heavy atom. The molecule has 8 heteroatoms. The van der Waals surface area contributed by atoms with E-state index in [1.807, 2.05) is 0 Å². The summed E-state index contributed by atoms with van der Waals surface area (Å²) in [6, 6.07) is 4.45. The van der Waals surface area contributed by atoms with E-state index in [9.17, 15) is 10.1 Å². The summed E-state index contributed by atoms with van der Waals surface area (Å²) in [5.74, 6) is 1.02. The lowest BCUT2D eigenvalue weighted by atomic mass is 10.3. The molecule has 0 bridgehead atoms. The summed E-state index contributed by atoms with van der Waals surface area (Å²) in [5, 5.41) is 10.7. The van der Waals surface area contributed by atoms with Crippen molar-refractivity contribution < 1.29 is 9.66 Å². The van der Waals surface area contributed by atoms with E-state index in [0.29, 0.717) is 24.9 Å². The van der Waals surface area contributed by atoms with Crippen LogP contribution in [0.1, 0.15) is 0 Å². The Labute approximate surface area is 133 Å². The highest BCUT2D eigenvalue weighted by atomic mass is 79.9. The summed E-state index contributed by atoms with van der Waals surface area (Å²) in [5.41, 5.74) is -0.0279. The Morgan fingerprint density at radius 1 is 1.16 bits per heavy atom. The number of hydrogen-bond acceptors (Lipinski definition) is 4. The zero-order chi connectivity index (χ0) is 14.0. The molecule has 0 radical (unpaired) electrons. The van der Waals surface area contributed by atoms with Gasteiger partial charge in [-0.2, -0.15) is 0 Å². The third kappa shape index (κ3) is 3.31. The molecule has 0 N–H and O–H groups in total. The molecule has 0 atom stereocenters. The summed E-state index contributed by atoms with van der Waals surface area (Å²) < 4.78 is 7.36. The average Bonchev–Trinajstić information content (AvgIpc) is 2.35. The van der Waals surface area contributed by atoms with Crippen molar-refractivity contribution in [3.63, 3.8) is 0 Å². The van der Waals surface area contributed by atoms with Gasteiger partial charge in [-0.1, -0.05) is 0 Å². The summed E-state index contributed by atoms with van der Waals surface area (Å²) in [6.07, 6.45) is 3.19. The number of nitro groups is 1. The maximum Gasteiger partial charge on any atom is 0.271 e. The van der Waals surface area contributed by atoms with Crippen LogP contribution in [0.5, 0.6) is 11.5 Å². The lowest BCUT2D eigenvalue weighted by molar-refractivity contribution is -0.385. The second-order valence-electron chi connectivity index (χ2n) is 3.40. The largest absolute Gasteiger partial charge is 0.454 e. The van der Waals surface area contributed by atoms with E-state index < -0.39 is 4.92 Å². The third-order valence-corrected chi connectivity index (χ3v) is 3.91. The van der Waals surface area contributed by atoms with E-state index in [1.54, 1.807) is 18.5 Å². The predicted molar refractivity (Wildman–Crippen MR) is 80.5 cm³/mol. The van der Waals surface area contributed by atoms with Crippen molar-refractivity contribution in [3.05, 3.63) is 54.1 Å². The lowest BCUT2D eigenvalue weighted by Gasteiger charge is -2.10. The molecule has 0 fully saturated rings. The molecule has 98 valence electrons. The van der Waals surface area contributed by atoms with Gasteiger partial charge in [0.1, 0.15) is 5.75 Å². The zero-order valence-electron chi connectivity index (χ0n) is 9.14. The SMILES string of the molecule is O=[N+]([O-])c1cc(Br)c(Oc2ccncc2Br)c(Br)c1. The van der Waals surface area contributed by atoms with Gasteiger partial charge in [0.25, 0.3) is 5.69 Å². The molecule has 2 rings (SSSR count). The van der Waals surface area contributed by atoms with Crippen LogP contribution >= 0.6 is 47.8 Å². The van der Waals surface area contributed by atoms with Crippen molar-refractivity contribution in [1.82, 2.24) is 4.98 Å². The van der Waals surface area contributed by atoms with Gasteiger partial charge >= 0.3 is 0 Å². The van der Waals surface area contributed by atoms with Gasteiger partial charge in [-0.25, -0.2) is 0 Å². The maximum absolute atomic E-state index is 10.7. The van der Waals surface area contributed by atoms with Gasteiger partial charge < -0.3 is 4.74 Å². The highest BCUT2D eigenvalue weighted by Crippen LogP contribution is 2.41. The fraction of sp³-hybridized carbons (Fsp3) is 0. The van der Waals surface area contributed by atoms with E-state index >= 15 is 0 Å². The van der Waals surface area contributed by atoms with E-state index in [-0.39, 0.29) is 5.69 Å². The zero-order valence-corrected chi connectivity index (χ0v) is 13.9. The number of aromatic nitrogens is 1. The van der Waals surface area contributed by atoms with Crippen LogP contribution in [0.15, 0.2) is 44.0 Å². The van der Waals surface area contributed by atoms with Gasteiger partial charge in [0.05, 0.1) is 18.3 Å². The minimum Gasteiger partial charge on any atom is -0.454 e. The smallest absolute Gasteiger partial charge is 0.271 e. The fourth-order valence-electron chi connectivity index (χ4n) is 1.30. The van der Waals surface area contributed by atoms with Crippen LogP contribution < -0.4 is 4.74 Å². The highest BCUT2D eigenvalue weighted by Gasteiger charge is 2.16. The molecular weight excluding hydrogens is 448 g/mol. The first-order valence-corrected chi connectivity index (χ1v) is 7.27. The van der Waals surface area contributed by atoms with Gasteiger partial charge in [0.2, 0.25) is 0 Å². The molecule has 1 heterocycles. The van der Waals surface area contributed by atoms with Crippen molar-refractivity contribution in [1.29, 1.82) is 0 Å². The molecule has 0 saturated heterocycles. The number of non-ortho nitro benzene ring substituents is 1. The molecule has 0 amide bonds. The molecule has 5 nitrogen and oxygen atoms in total. The first-order valence-electron chi connectivity index (χ1n) is 4.90. The first kappa shape index (κ1) is 14.4. The summed E-state index contributed by atoms with van der Waals surface area (Å²) >= 11 is 9.83. The molecule has 1 aromatic heterocycles. The van der Waals surface area contributed by atoms with Crippen LogP contribution in [0, 0.1) is 10.1 Å². The van der Waals surface area contributed by atoms with Crippen molar-refractivity contribution in [2.24, 2.45) is 0 Å². The second-order valence-corrected chi connectivity index (χ2v) is 5.97. The monoisotopic (exact) mass is 450 g/mol. The topological polar surface area (TPSA) is 65.3 Å². The predicted octanol–water partition coefficient (Wildman–Crippen LogP) is 5.07. The lowest BCUT2D eigenvalue weighted by Crippen LogP contribution is -1.92. The standard InChI is InChI=1S/C11H5Br3N2O3/c12-7-3-6(16(17)18)4-8(13)11(7)19-10-1-2-15-5-9(10)14/h1-5H. The highest BCUT2D eigenvalue weighted by molar-refractivity contribution is 9.11. The molecule has 0 spiro atoms. The van der Waals surface area contributed by atoms with Crippen molar-refractivity contribution in [3.8, 4) is 11.5 Å². The van der Waals surface area contributed by atoms with Gasteiger partial charge in [-0.15, -0.1) is 0 Å². The molecule has 2 aromatic rings. The molecule has 19 heavy (non-hydrogen) atoms.